The fourth-order valence-electron chi connectivity index (χ4n) is 5.33. The largest absolute Gasteiger partial charge is 0.504 e. The van der Waals surface area contributed by atoms with Crippen molar-refractivity contribution in [1.82, 2.24) is 4.90 Å². The number of hydrogen-bond acceptors (Lipinski definition) is 4. The molecule has 2 aliphatic carbocycles. The quantitative estimate of drug-likeness (QED) is 0.793. The van der Waals surface area contributed by atoms with Gasteiger partial charge in [0, 0.05) is 27.6 Å². The predicted molar refractivity (Wildman–Crippen MR) is 83.9 cm³/mol. The molecule has 2 aliphatic heterocycles. The van der Waals surface area contributed by atoms with Crippen molar-refractivity contribution in [3.63, 3.8) is 0 Å². The third-order valence-corrected chi connectivity index (χ3v) is 6.11. The predicted octanol–water partition coefficient (Wildman–Crippen LogP) is 2.05. The van der Waals surface area contributed by atoms with Gasteiger partial charge in [-0.2, -0.15) is 0 Å². The van der Waals surface area contributed by atoms with E-state index >= 15 is 0 Å². The highest BCUT2D eigenvalue weighted by atomic mass is 35.5. The lowest BCUT2D eigenvalue weighted by Gasteiger charge is -2.57. The van der Waals surface area contributed by atoms with E-state index in [1.807, 2.05) is 6.07 Å². The molecule has 5 heteroatoms. The van der Waals surface area contributed by atoms with E-state index in [0.717, 1.165) is 11.1 Å². The molecule has 0 radical (unpaired) electrons. The van der Waals surface area contributed by atoms with E-state index in [4.69, 9.17) is 8.85 Å². The minimum atomic E-state index is -2.13. The van der Waals surface area contributed by atoms with Crippen molar-refractivity contribution in [2.75, 3.05) is 13.5 Å². The number of phenolic OH excluding ortho intramolecular Hbond substituents is 1. The molecule has 4 aliphatic rings. The number of piperidine rings is 1. The van der Waals surface area contributed by atoms with Crippen LogP contribution in [-0.4, -0.2) is 41.5 Å². The van der Waals surface area contributed by atoms with Gasteiger partial charge in [-0.15, -0.1) is 12.4 Å². The van der Waals surface area contributed by atoms with Gasteiger partial charge in [-0.05, 0) is 50.3 Å². The van der Waals surface area contributed by atoms with Gasteiger partial charge in [-0.3, -0.25) is 4.79 Å². The van der Waals surface area contributed by atoms with Crippen molar-refractivity contribution < 1.29 is 18.8 Å². The zero-order valence-corrected chi connectivity index (χ0v) is 12.9. The maximum absolute atomic E-state index is 12.6. The molecule has 0 aromatic heterocycles. The van der Waals surface area contributed by atoms with Gasteiger partial charge in [0.05, 0.1) is 0 Å². The summed E-state index contributed by atoms with van der Waals surface area (Å²) in [5, 5.41) is 10.2. The summed E-state index contributed by atoms with van der Waals surface area (Å²) in [7, 11) is 0. The van der Waals surface area contributed by atoms with Gasteiger partial charge in [0.1, 0.15) is 0 Å². The van der Waals surface area contributed by atoms with Crippen LogP contribution in [0.3, 0.4) is 0 Å². The number of phenols is 1. The smallest absolute Gasteiger partial charge is 0.174 e. The molecule has 1 aromatic rings. The third kappa shape index (κ3) is 1.41. The maximum Gasteiger partial charge on any atom is 0.174 e. The number of ketones is 1. The first-order chi connectivity index (χ1) is 11.3. The van der Waals surface area contributed by atoms with Crippen LogP contribution in [0.25, 0.3) is 0 Å². The number of Topliss-reactive ketones (excluding diaryl/α,β-unsaturated/α-hetero) is 1. The topological polar surface area (TPSA) is 49.8 Å². The first-order valence-corrected chi connectivity index (χ1v) is 7.65. The highest BCUT2D eigenvalue weighted by Gasteiger charge is 2.65. The molecule has 22 heavy (non-hydrogen) atoms. The summed E-state index contributed by atoms with van der Waals surface area (Å²) >= 11 is 0. The molecule has 5 rings (SSSR count). The summed E-state index contributed by atoms with van der Waals surface area (Å²) in [5.41, 5.74) is 1.55. The van der Waals surface area contributed by atoms with Crippen LogP contribution in [0.5, 0.6) is 11.5 Å². The van der Waals surface area contributed by atoms with Crippen LogP contribution in [0.2, 0.25) is 0 Å². The van der Waals surface area contributed by atoms with Gasteiger partial charge in [0.15, 0.2) is 23.4 Å². The van der Waals surface area contributed by atoms with Crippen LogP contribution in [0.1, 0.15) is 34.5 Å². The maximum atomic E-state index is 12.6. The van der Waals surface area contributed by atoms with Crippen LogP contribution >= 0.6 is 12.4 Å². The van der Waals surface area contributed by atoms with E-state index in [0.29, 0.717) is 38.0 Å². The zero-order valence-electron chi connectivity index (χ0n) is 15.0. The number of likely N-dealkylation sites (tertiary alicyclic amines) is 1. The minimum Gasteiger partial charge on any atom is -0.504 e. The Labute approximate surface area is 140 Å². The highest BCUT2D eigenvalue weighted by Crippen LogP contribution is 2.62. The van der Waals surface area contributed by atoms with Crippen LogP contribution < -0.4 is 4.74 Å². The Bertz CT molecular complexity index is 768. The Morgan fingerprint density at radius 2 is 2.36 bits per heavy atom. The molecule has 4 atom stereocenters. The number of aromatic hydroxyl groups is 1. The normalized spacial score (nSPS) is 40.6. The summed E-state index contributed by atoms with van der Waals surface area (Å²) in [5.74, 6) is 0.708. The number of carbonyl (C=O) groups excluding carboxylic acids is 1. The number of ether oxygens (including phenoxy) is 1. The van der Waals surface area contributed by atoms with E-state index < -0.39 is 18.5 Å². The van der Waals surface area contributed by atoms with Crippen molar-refractivity contribution in [1.29, 1.82) is 0 Å². The number of halogens is 1. The SMILES string of the molecule is Cl.[2H]C([2H])([2H])N1CC[C@]23c4c5ccc(O)c4O[C@H]2C(=O)CC[C@H]3[C@H]1C5. The molecular weight excluding hydrogens is 302 g/mol. The molecule has 1 N–H and O–H groups in total. The van der Waals surface area contributed by atoms with E-state index in [2.05, 4.69) is 0 Å². The first kappa shape index (κ1) is 11.3. The molecule has 0 unspecified atom stereocenters. The van der Waals surface area contributed by atoms with Crippen LogP contribution in [0.15, 0.2) is 12.1 Å². The van der Waals surface area contributed by atoms with Crippen LogP contribution in [0.4, 0.5) is 0 Å². The second-order valence-electron chi connectivity index (χ2n) is 6.81. The molecular formula is C17H20ClNO3. The number of benzene rings is 1. The van der Waals surface area contributed by atoms with Crippen LogP contribution in [-0.2, 0) is 16.6 Å². The standard InChI is InChI=1S/C17H19NO3.ClH/c1-18-7-6-17-10-3-5-13(20)16(17)21-15-12(19)4-2-9(14(15)17)8-11(10)18;/h2,4,10-11,16,19H,3,5-8H2,1H3;1H/t10-,11+,16-,17-;/m0./s1/i1D3;. The molecule has 1 spiro atoms. The minimum absolute atomic E-state index is 0. The number of hydrogen-bond donors (Lipinski definition) is 1. The summed E-state index contributed by atoms with van der Waals surface area (Å²) in [6.45, 7) is -1.70. The van der Waals surface area contributed by atoms with Gasteiger partial charge >= 0.3 is 0 Å². The summed E-state index contributed by atoms with van der Waals surface area (Å²) in [6, 6.07) is 3.36. The van der Waals surface area contributed by atoms with Gasteiger partial charge < -0.3 is 14.7 Å². The lowest BCUT2D eigenvalue weighted by Crippen LogP contribution is -2.65. The Hall–Kier alpha value is -1.26. The summed E-state index contributed by atoms with van der Waals surface area (Å²) < 4.78 is 29.7. The fraction of sp³-hybridized carbons (Fsp3) is 0.588. The van der Waals surface area contributed by atoms with Crippen molar-refractivity contribution in [2.45, 2.75) is 43.2 Å². The molecule has 1 saturated carbocycles. The number of carbonyl (C=O) groups is 1. The highest BCUT2D eigenvalue weighted by molar-refractivity contribution is 5.89. The summed E-state index contributed by atoms with van der Waals surface area (Å²) in [6.07, 6.45) is 1.78. The lowest BCUT2D eigenvalue weighted by atomic mass is 9.52. The van der Waals surface area contributed by atoms with Crippen molar-refractivity contribution in [2.24, 2.45) is 5.92 Å². The third-order valence-electron chi connectivity index (χ3n) is 6.11. The fourth-order valence-corrected chi connectivity index (χ4v) is 5.33. The monoisotopic (exact) mass is 324 g/mol. The lowest BCUT2D eigenvalue weighted by molar-refractivity contribution is -0.138. The summed E-state index contributed by atoms with van der Waals surface area (Å²) in [4.78, 5) is 14.2. The van der Waals surface area contributed by atoms with Crippen molar-refractivity contribution in [3.05, 3.63) is 23.3 Å². The molecule has 4 nitrogen and oxygen atoms in total. The second kappa shape index (κ2) is 4.39. The second-order valence-corrected chi connectivity index (χ2v) is 6.81. The van der Waals surface area contributed by atoms with E-state index in [1.54, 1.807) is 11.0 Å². The van der Waals surface area contributed by atoms with Gasteiger partial charge in [0.25, 0.3) is 0 Å². The van der Waals surface area contributed by atoms with Gasteiger partial charge in [-0.1, -0.05) is 6.07 Å². The average molecular weight is 325 g/mol. The Balaban J connectivity index is 0.00000157. The molecule has 0 amide bonds. The Morgan fingerprint density at radius 1 is 1.50 bits per heavy atom. The van der Waals surface area contributed by atoms with Crippen LogP contribution in [0, 0.1) is 5.92 Å². The molecule has 118 valence electrons. The molecule has 1 aromatic carbocycles. The Kier molecular flexibility index (Phi) is 2.26. The van der Waals surface area contributed by atoms with Crippen molar-refractivity contribution >= 4 is 18.2 Å². The Morgan fingerprint density at radius 3 is 3.18 bits per heavy atom. The van der Waals surface area contributed by atoms with Crippen molar-refractivity contribution in [3.8, 4) is 11.5 Å². The number of likely N-dealkylation sites (N-methyl/N-ethyl adjacent to an activating group) is 1. The zero-order chi connectivity index (χ0) is 16.9. The molecule has 2 bridgehead atoms. The molecule has 2 heterocycles. The number of rotatable bonds is 0. The van der Waals surface area contributed by atoms with E-state index in [9.17, 15) is 9.90 Å². The average Bonchev–Trinajstić information content (AvgIpc) is 2.85. The van der Waals surface area contributed by atoms with E-state index in [1.165, 1.54) is 0 Å². The number of nitrogens with zero attached hydrogens (tertiary/aromatic N) is 1. The van der Waals surface area contributed by atoms with Gasteiger partial charge in [0.2, 0.25) is 0 Å². The van der Waals surface area contributed by atoms with Gasteiger partial charge in [-0.25, -0.2) is 0 Å². The molecule has 2 fully saturated rings. The molecule has 1 saturated heterocycles. The van der Waals surface area contributed by atoms with E-state index in [-0.39, 0.29) is 35.9 Å². The first-order valence-electron chi connectivity index (χ1n) is 9.15.